The van der Waals surface area contributed by atoms with Gasteiger partial charge in [-0.2, -0.15) is 0 Å². The Morgan fingerprint density at radius 3 is 2.76 bits per heavy atom. The SMILES string of the molecule is O=C(CN1CC2CNCCN2C(=O)C1=O)NC1CCCC1. The molecule has 1 aliphatic carbocycles. The molecule has 0 spiro atoms. The molecule has 1 unspecified atom stereocenters. The Balaban J connectivity index is 1.58. The smallest absolute Gasteiger partial charge is 0.312 e. The van der Waals surface area contributed by atoms with Gasteiger partial charge in [-0.3, -0.25) is 14.4 Å². The van der Waals surface area contributed by atoms with E-state index in [4.69, 9.17) is 0 Å². The molecule has 3 fully saturated rings. The number of fused-ring (bicyclic) bond motifs is 1. The van der Waals surface area contributed by atoms with Gasteiger partial charge in [0.2, 0.25) is 5.91 Å². The lowest BCUT2D eigenvalue weighted by molar-refractivity contribution is -0.160. The van der Waals surface area contributed by atoms with E-state index < -0.39 is 11.8 Å². The Morgan fingerprint density at radius 2 is 2.00 bits per heavy atom. The van der Waals surface area contributed by atoms with Crippen LogP contribution in [0.5, 0.6) is 0 Å². The highest BCUT2D eigenvalue weighted by molar-refractivity contribution is 6.35. The normalized spacial score (nSPS) is 27.0. The molecule has 3 rings (SSSR count). The molecule has 2 heterocycles. The van der Waals surface area contributed by atoms with Gasteiger partial charge in [0.25, 0.3) is 0 Å². The Kier molecular flexibility index (Phi) is 4.10. The zero-order valence-corrected chi connectivity index (χ0v) is 12.1. The van der Waals surface area contributed by atoms with Crippen molar-refractivity contribution >= 4 is 17.7 Å². The fraction of sp³-hybridized carbons (Fsp3) is 0.786. The summed E-state index contributed by atoms with van der Waals surface area (Å²) in [6.45, 7) is 2.40. The summed E-state index contributed by atoms with van der Waals surface area (Å²) in [5, 5.41) is 6.18. The Morgan fingerprint density at radius 1 is 1.24 bits per heavy atom. The number of rotatable bonds is 3. The molecule has 2 N–H and O–H groups in total. The van der Waals surface area contributed by atoms with Crippen molar-refractivity contribution in [3.63, 3.8) is 0 Å². The van der Waals surface area contributed by atoms with Crippen LogP contribution in [0.4, 0.5) is 0 Å². The van der Waals surface area contributed by atoms with Crippen LogP contribution in [0.3, 0.4) is 0 Å². The molecular weight excluding hydrogens is 272 g/mol. The third-order valence-corrected chi connectivity index (χ3v) is 4.57. The molecule has 2 aliphatic heterocycles. The van der Waals surface area contributed by atoms with Gasteiger partial charge in [-0.15, -0.1) is 0 Å². The molecule has 1 saturated carbocycles. The molecule has 7 heteroatoms. The topological polar surface area (TPSA) is 81.8 Å². The van der Waals surface area contributed by atoms with Gasteiger partial charge in [0.1, 0.15) is 6.54 Å². The highest BCUT2D eigenvalue weighted by Gasteiger charge is 2.40. The maximum absolute atomic E-state index is 12.1. The third-order valence-electron chi connectivity index (χ3n) is 4.57. The van der Waals surface area contributed by atoms with Crippen molar-refractivity contribution in [1.29, 1.82) is 0 Å². The van der Waals surface area contributed by atoms with E-state index >= 15 is 0 Å². The first-order valence-corrected chi connectivity index (χ1v) is 7.75. The van der Waals surface area contributed by atoms with E-state index in [9.17, 15) is 14.4 Å². The molecule has 2 saturated heterocycles. The number of hydrogen-bond donors (Lipinski definition) is 2. The zero-order valence-electron chi connectivity index (χ0n) is 12.1. The van der Waals surface area contributed by atoms with Gasteiger partial charge in [-0.1, -0.05) is 12.8 Å². The summed E-state index contributed by atoms with van der Waals surface area (Å²) in [4.78, 5) is 39.2. The lowest BCUT2D eigenvalue weighted by Gasteiger charge is -2.43. The van der Waals surface area contributed by atoms with Crippen LogP contribution in [-0.2, 0) is 14.4 Å². The quantitative estimate of drug-likeness (QED) is 0.633. The minimum absolute atomic E-state index is 0.00852. The lowest BCUT2D eigenvalue weighted by atomic mass is 10.1. The first-order valence-electron chi connectivity index (χ1n) is 7.75. The average molecular weight is 294 g/mol. The van der Waals surface area contributed by atoms with Crippen LogP contribution in [0, 0.1) is 0 Å². The average Bonchev–Trinajstić information content (AvgIpc) is 2.97. The van der Waals surface area contributed by atoms with Gasteiger partial charge in [-0.25, -0.2) is 0 Å². The molecule has 0 radical (unpaired) electrons. The third kappa shape index (κ3) is 3.02. The van der Waals surface area contributed by atoms with Crippen LogP contribution >= 0.6 is 0 Å². The molecule has 0 aromatic rings. The number of carbonyl (C=O) groups is 3. The fourth-order valence-corrected chi connectivity index (χ4v) is 3.44. The number of carbonyl (C=O) groups excluding carboxylic acids is 3. The molecule has 0 aromatic carbocycles. The van der Waals surface area contributed by atoms with Gasteiger partial charge in [0.15, 0.2) is 0 Å². The number of nitrogens with zero attached hydrogens (tertiary/aromatic N) is 2. The standard InChI is InChI=1S/C14H22N4O3/c19-12(16-10-3-1-2-4-10)9-17-8-11-7-15-5-6-18(11)14(21)13(17)20/h10-11,15H,1-9H2,(H,16,19). The number of piperazine rings is 2. The minimum Gasteiger partial charge on any atom is -0.352 e. The van der Waals surface area contributed by atoms with E-state index in [1.54, 1.807) is 4.90 Å². The van der Waals surface area contributed by atoms with Crippen LogP contribution in [0.1, 0.15) is 25.7 Å². The van der Waals surface area contributed by atoms with Crippen molar-refractivity contribution in [3.8, 4) is 0 Å². The summed E-state index contributed by atoms with van der Waals surface area (Å²) in [6.07, 6.45) is 4.32. The van der Waals surface area contributed by atoms with Gasteiger partial charge in [-0.05, 0) is 12.8 Å². The zero-order chi connectivity index (χ0) is 14.8. The Labute approximate surface area is 124 Å². The summed E-state index contributed by atoms with van der Waals surface area (Å²) in [5.41, 5.74) is 0. The first kappa shape index (κ1) is 14.3. The second-order valence-corrected chi connectivity index (χ2v) is 6.09. The van der Waals surface area contributed by atoms with Crippen LogP contribution in [-0.4, -0.2) is 72.3 Å². The monoisotopic (exact) mass is 294 g/mol. The molecule has 0 bridgehead atoms. The van der Waals surface area contributed by atoms with E-state index in [-0.39, 0.29) is 24.5 Å². The molecule has 116 valence electrons. The van der Waals surface area contributed by atoms with E-state index in [0.29, 0.717) is 19.6 Å². The largest absolute Gasteiger partial charge is 0.352 e. The minimum atomic E-state index is -0.547. The maximum Gasteiger partial charge on any atom is 0.312 e. The van der Waals surface area contributed by atoms with E-state index in [0.717, 1.165) is 32.2 Å². The summed E-state index contributed by atoms with van der Waals surface area (Å²) in [5.74, 6) is -1.17. The van der Waals surface area contributed by atoms with Crippen molar-refractivity contribution in [2.45, 2.75) is 37.8 Å². The summed E-state index contributed by atoms with van der Waals surface area (Å²) >= 11 is 0. The highest BCUT2D eigenvalue weighted by Crippen LogP contribution is 2.18. The Hall–Kier alpha value is -1.63. The molecule has 0 aromatic heterocycles. The second kappa shape index (κ2) is 6.01. The predicted octanol–water partition coefficient (Wildman–Crippen LogP) is -1.31. The molecule has 7 nitrogen and oxygen atoms in total. The highest BCUT2D eigenvalue weighted by atomic mass is 16.2. The van der Waals surface area contributed by atoms with E-state index in [1.165, 1.54) is 4.90 Å². The summed E-state index contributed by atoms with van der Waals surface area (Å²) < 4.78 is 0. The van der Waals surface area contributed by atoms with Gasteiger partial charge in [0, 0.05) is 32.2 Å². The van der Waals surface area contributed by atoms with Crippen LogP contribution in [0.25, 0.3) is 0 Å². The Bertz CT molecular complexity index is 448. The number of nitrogens with one attached hydrogen (secondary N) is 2. The van der Waals surface area contributed by atoms with Crippen molar-refractivity contribution in [3.05, 3.63) is 0 Å². The van der Waals surface area contributed by atoms with Gasteiger partial charge in [0.05, 0.1) is 6.04 Å². The van der Waals surface area contributed by atoms with Crippen molar-refractivity contribution in [2.75, 3.05) is 32.7 Å². The van der Waals surface area contributed by atoms with Crippen LogP contribution < -0.4 is 10.6 Å². The van der Waals surface area contributed by atoms with Crippen molar-refractivity contribution in [2.24, 2.45) is 0 Å². The van der Waals surface area contributed by atoms with E-state index in [2.05, 4.69) is 10.6 Å². The van der Waals surface area contributed by atoms with Crippen molar-refractivity contribution < 1.29 is 14.4 Å². The molecule has 3 amide bonds. The maximum atomic E-state index is 12.1. The lowest BCUT2D eigenvalue weighted by Crippen LogP contribution is -2.66. The molecule has 21 heavy (non-hydrogen) atoms. The first-order chi connectivity index (χ1) is 10.1. The van der Waals surface area contributed by atoms with Crippen molar-refractivity contribution in [1.82, 2.24) is 20.4 Å². The van der Waals surface area contributed by atoms with Crippen LogP contribution in [0.2, 0.25) is 0 Å². The summed E-state index contributed by atoms with van der Waals surface area (Å²) in [7, 11) is 0. The van der Waals surface area contributed by atoms with E-state index in [1.807, 2.05) is 0 Å². The second-order valence-electron chi connectivity index (χ2n) is 6.09. The fourth-order valence-electron chi connectivity index (χ4n) is 3.44. The number of amides is 3. The molecule has 1 atom stereocenters. The molecule has 3 aliphatic rings. The van der Waals surface area contributed by atoms with Gasteiger partial charge < -0.3 is 20.4 Å². The van der Waals surface area contributed by atoms with Gasteiger partial charge >= 0.3 is 11.8 Å². The summed E-state index contributed by atoms with van der Waals surface area (Å²) in [6, 6.07) is 0.226. The predicted molar refractivity (Wildman–Crippen MR) is 75.3 cm³/mol. The number of hydrogen-bond acceptors (Lipinski definition) is 4. The van der Waals surface area contributed by atoms with Crippen LogP contribution in [0.15, 0.2) is 0 Å². The molecular formula is C14H22N4O3.